The highest BCUT2D eigenvalue weighted by Gasteiger charge is 2.48. The summed E-state index contributed by atoms with van der Waals surface area (Å²) < 4.78 is 15.4. The predicted octanol–water partition coefficient (Wildman–Crippen LogP) is 2.74. The largest absolute Gasteiger partial charge is 0.354 e. The Labute approximate surface area is 193 Å². The molecule has 0 saturated heterocycles. The SMILES string of the molecule is CCCN1C(=O)c2c(C(=O)NCc3ccccc3F)ncn2C[C@]1(C)C(=O)NCCC(C)C. The third-order valence-corrected chi connectivity index (χ3v) is 5.92. The molecule has 0 bridgehead atoms. The lowest BCUT2D eigenvalue weighted by molar-refractivity contribution is -0.132. The first-order valence-electron chi connectivity index (χ1n) is 11.4. The van der Waals surface area contributed by atoms with Crippen molar-refractivity contribution in [3.05, 3.63) is 53.4 Å². The number of benzene rings is 1. The van der Waals surface area contributed by atoms with Crippen molar-refractivity contribution < 1.29 is 18.8 Å². The molecule has 2 aromatic rings. The first kappa shape index (κ1) is 24.4. The molecule has 2 heterocycles. The van der Waals surface area contributed by atoms with E-state index in [2.05, 4.69) is 29.5 Å². The van der Waals surface area contributed by atoms with Crippen molar-refractivity contribution in [2.45, 2.75) is 59.2 Å². The van der Waals surface area contributed by atoms with Gasteiger partial charge in [-0.1, -0.05) is 39.0 Å². The van der Waals surface area contributed by atoms with Crippen LogP contribution in [0.15, 0.2) is 30.6 Å². The summed E-state index contributed by atoms with van der Waals surface area (Å²) in [5.41, 5.74) is -0.649. The Kier molecular flexibility index (Phi) is 7.50. The number of carbonyl (C=O) groups is 3. The van der Waals surface area contributed by atoms with Crippen molar-refractivity contribution in [2.75, 3.05) is 13.1 Å². The van der Waals surface area contributed by atoms with Crippen LogP contribution in [0.25, 0.3) is 0 Å². The maximum atomic E-state index is 13.9. The van der Waals surface area contributed by atoms with E-state index in [0.29, 0.717) is 31.0 Å². The van der Waals surface area contributed by atoms with Gasteiger partial charge in [0.15, 0.2) is 5.69 Å². The van der Waals surface area contributed by atoms with E-state index in [-0.39, 0.29) is 30.4 Å². The van der Waals surface area contributed by atoms with Crippen molar-refractivity contribution in [2.24, 2.45) is 5.92 Å². The molecule has 3 amide bonds. The number of hydrogen-bond donors (Lipinski definition) is 2. The van der Waals surface area contributed by atoms with Crippen LogP contribution in [0.1, 0.15) is 67.1 Å². The Bertz CT molecular complexity index is 1030. The van der Waals surface area contributed by atoms with Gasteiger partial charge in [0.1, 0.15) is 17.1 Å². The summed E-state index contributed by atoms with van der Waals surface area (Å²) in [6.45, 7) is 8.89. The van der Waals surface area contributed by atoms with Crippen molar-refractivity contribution in [1.29, 1.82) is 0 Å². The molecule has 33 heavy (non-hydrogen) atoms. The molecule has 1 aromatic heterocycles. The highest BCUT2D eigenvalue weighted by molar-refractivity contribution is 6.07. The Morgan fingerprint density at radius 1 is 1.24 bits per heavy atom. The second-order valence-electron chi connectivity index (χ2n) is 9.01. The van der Waals surface area contributed by atoms with Crippen molar-refractivity contribution >= 4 is 17.7 Å². The van der Waals surface area contributed by atoms with Gasteiger partial charge < -0.3 is 20.1 Å². The Morgan fingerprint density at radius 2 is 1.97 bits per heavy atom. The van der Waals surface area contributed by atoms with Gasteiger partial charge in [0.25, 0.3) is 11.8 Å². The van der Waals surface area contributed by atoms with Crippen LogP contribution >= 0.6 is 0 Å². The Hall–Kier alpha value is -3.23. The molecule has 1 atom stereocenters. The minimum absolute atomic E-state index is 0.0271. The van der Waals surface area contributed by atoms with E-state index >= 15 is 0 Å². The minimum Gasteiger partial charge on any atom is -0.354 e. The monoisotopic (exact) mass is 457 g/mol. The van der Waals surface area contributed by atoms with Gasteiger partial charge in [0, 0.05) is 25.2 Å². The number of carbonyl (C=O) groups excluding carboxylic acids is 3. The van der Waals surface area contributed by atoms with Gasteiger partial charge in [-0.05, 0) is 31.7 Å². The minimum atomic E-state index is -1.10. The van der Waals surface area contributed by atoms with Gasteiger partial charge in [-0.3, -0.25) is 14.4 Å². The number of aromatic nitrogens is 2. The number of halogens is 1. The molecule has 0 saturated carbocycles. The molecule has 0 fully saturated rings. The van der Waals surface area contributed by atoms with Crippen LogP contribution in [0.3, 0.4) is 0 Å². The van der Waals surface area contributed by atoms with Crippen LogP contribution in [-0.2, 0) is 17.9 Å². The van der Waals surface area contributed by atoms with Gasteiger partial charge >= 0.3 is 0 Å². The quantitative estimate of drug-likeness (QED) is 0.605. The van der Waals surface area contributed by atoms with E-state index in [1.165, 1.54) is 17.3 Å². The van der Waals surface area contributed by atoms with Crippen LogP contribution in [0.5, 0.6) is 0 Å². The molecule has 1 aliphatic rings. The van der Waals surface area contributed by atoms with Gasteiger partial charge in [0.05, 0.1) is 12.9 Å². The van der Waals surface area contributed by atoms with Crippen molar-refractivity contribution in [3.8, 4) is 0 Å². The molecule has 178 valence electrons. The average Bonchev–Trinajstić information content (AvgIpc) is 3.19. The summed E-state index contributed by atoms with van der Waals surface area (Å²) in [5, 5.41) is 5.59. The number of amides is 3. The topological polar surface area (TPSA) is 96.3 Å². The molecule has 9 heteroatoms. The normalized spacial score (nSPS) is 17.8. The average molecular weight is 458 g/mol. The van der Waals surface area contributed by atoms with Crippen molar-refractivity contribution in [1.82, 2.24) is 25.1 Å². The molecule has 3 rings (SSSR count). The van der Waals surface area contributed by atoms with E-state index < -0.39 is 23.2 Å². The standard InChI is InChI=1S/C24H32FN5O3/c1-5-12-30-22(32)20-19(21(31)27-13-17-8-6-7-9-18(17)25)28-15-29(20)14-24(30,4)23(33)26-11-10-16(2)3/h6-9,15-16H,5,10-14H2,1-4H3,(H,26,33)(H,27,31)/t24-/m1/s1. The van der Waals surface area contributed by atoms with Gasteiger partial charge in [-0.2, -0.15) is 0 Å². The molecular weight excluding hydrogens is 425 g/mol. The molecule has 1 aromatic carbocycles. The summed E-state index contributed by atoms with van der Waals surface area (Å²) in [6.07, 6.45) is 2.91. The lowest BCUT2D eigenvalue weighted by atomic mass is 9.93. The zero-order valence-electron chi connectivity index (χ0n) is 19.7. The lowest BCUT2D eigenvalue weighted by Gasteiger charge is -2.43. The summed E-state index contributed by atoms with van der Waals surface area (Å²) in [6, 6.07) is 6.15. The molecule has 0 unspecified atom stereocenters. The summed E-state index contributed by atoms with van der Waals surface area (Å²) >= 11 is 0. The maximum absolute atomic E-state index is 13.9. The third kappa shape index (κ3) is 5.07. The number of fused-ring (bicyclic) bond motifs is 1. The van der Waals surface area contributed by atoms with Gasteiger partial charge in [0.2, 0.25) is 5.91 Å². The molecule has 0 aliphatic carbocycles. The van der Waals surface area contributed by atoms with E-state index in [0.717, 1.165) is 6.42 Å². The maximum Gasteiger partial charge on any atom is 0.273 e. The van der Waals surface area contributed by atoms with Crippen LogP contribution in [0, 0.1) is 11.7 Å². The highest BCUT2D eigenvalue weighted by atomic mass is 19.1. The fraction of sp³-hybridized carbons (Fsp3) is 0.500. The second-order valence-corrected chi connectivity index (χ2v) is 9.01. The number of nitrogens with zero attached hydrogens (tertiary/aromatic N) is 3. The zero-order chi connectivity index (χ0) is 24.2. The van der Waals surface area contributed by atoms with Crippen LogP contribution in [0.4, 0.5) is 4.39 Å². The fourth-order valence-electron chi connectivity index (χ4n) is 3.99. The lowest BCUT2D eigenvalue weighted by Crippen LogP contribution is -2.64. The predicted molar refractivity (Wildman–Crippen MR) is 122 cm³/mol. The highest BCUT2D eigenvalue weighted by Crippen LogP contribution is 2.29. The van der Waals surface area contributed by atoms with E-state index in [9.17, 15) is 18.8 Å². The van der Waals surface area contributed by atoms with Crippen LogP contribution < -0.4 is 10.6 Å². The first-order valence-corrected chi connectivity index (χ1v) is 11.4. The Balaban J connectivity index is 1.83. The van der Waals surface area contributed by atoms with Crippen LogP contribution in [-0.4, -0.2) is 50.8 Å². The van der Waals surface area contributed by atoms with Gasteiger partial charge in [-0.15, -0.1) is 0 Å². The van der Waals surface area contributed by atoms with E-state index in [1.807, 2.05) is 6.92 Å². The number of nitrogens with one attached hydrogen (secondary N) is 2. The molecular formula is C24H32FN5O3. The smallest absolute Gasteiger partial charge is 0.273 e. The van der Waals surface area contributed by atoms with E-state index in [4.69, 9.17) is 0 Å². The zero-order valence-corrected chi connectivity index (χ0v) is 19.7. The first-order chi connectivity index (χ1) is 15.7. The summed E-state index contributed by atoms with van der Waals surface area (Å²) in [4.78, 5) is 45.1. The molecule has 0 radical (unpaired) electrons. The molecule has 1 aliphatic heterocycles. The van der Waals surface area contributed by atoms with Gasteiger partial charge in [-0.25, -0.2) is 9.37 Å². The summed E-state index contributed by atoms with van der Waals surface area (Å²) in [5.74, 6) is -1.19. The molecule has 2 N–H and O–H groups in total. The molecule has 0 spiro atoms. The summed E-state index contributed by atoms with van der Waals surface area (Å²) in [7, 11) is 0. The Morgan fingerprint density at radius 3 is 2.64 bits per heavy atom. The second kappa shape index (κ2) is 10.1. The molecule has 8 nitrogen and oxygen atoms in total. The number of rotatable bonds is 9. The third-order valence-electron chi connectivity index (χ3n) is 5.92. The fourth-order valence-corrected chi connectivity index (χ4v) is 3.99. The van der Waals surface area contributed by atoms with Crippen LogP contribution in [0.2, 0.25) is 0 Å². The van der Waals surface area contributed by atoms with Crippen molar-refractivity contribution in [3.63, 3.8) is 0 Å². The van der Waals surface area contributed by atoms with E-state index in [1.54, 1.807) is 29.7 Å². The number of hydrogen-bond acceptors (Lipinski definition) is 4. The number of imidazole rings is 1.